The fourth-order valence-corrected chi connectivity index (χ4v) is 3.20. The molecule has 0 fully saturated rings. The van der Waals surface area contributed by atoms with Crippen LogP contribution in [0.15, 0.2) is 60.8 Å². The van der Waals surface area contributed by atoms with E-state index in [0.717, 1.165) is 0 Å². The molecule has 0 aliphatic carbocycles. The summed E-state index contributed by atoms with van der Waals surface area (Å²) in [7, 11) is 2.97. The van der Waals surface area contributed by atoms with Crippen LogP contribution in [0, 0.1) is 0 Å². The predicted molar refractivity (Wildman–Crippen MR) is 118 cm³/mol. The molecule has 1 aliphatic heterocycles. The number of amides is 3. The summed E-state index contributed by atoms with van der Waals surface area (Å²) in [5.41, 5.74) is 0.457. The van der Waals surface area contributed by atoms with Gasteiger partial charge in [-0.25, -0.2) is 4.79 Å². The van der Waals surface area contributed by atoms with Crippen LogP contribution < -0.4 is 49.7 Å². The first-order valence-corrected chi connectivity index (χ1v) is 9.97. The van der Waals surface area contributed by atoms with Crippen LogP contribution in [0.4, 0.5) is 4.79 Å². The van der Waals surface area contributed by atoms with E-state index >= 15 is 0 Å². The number of urea groups is 1. The van der Waals surface area contributed by atoms with Crippen LogP contribution in [0.5, 0.6) is 17.2 Å². The number of benzene rings is 2. The summed E-state index contributed by atoms with van der Waals surface area (Å²) in [5, 5.41) is 14.2. The minimum atomic E-state index is -1.38. The van der Waals surface area contributed by atoms with Gasteiger partial charge in [0.25, 0.3) is 5.91 Å². The molecule has 2 atom stereocenters. The van der Waals surface area contributed by atoms with Crippen molar-refractivity contribution in [3.05, 3.63) is 66.4 Å². The Labute approximate surface area is 219 Å². The van der Waals surface area contributed by atoms with E-state index in [1.807, 2.05) is 0 Å². The quantitative estimate of drug-likeness (QED) is 0.340. The molecule has 0 bridgehead atoms. The van der Waals surface area contributed by atoms with Crippen molar-refractivity contribution >= 4 is 23.7 Å². The molecule has 34 heavy (non-hydrogen) atoms. The predicted octanol–water partition coefficient (Wildman–Crippen LogP) is -0.658. The number of carbonyl (C=O) groups excluding carboxylic acids is 3. The van der Waals surface area contributed by atoms with Crippen LogP contribution in [0.1, 0.15) is 19.5 Å². The second-order valence-electron chi connectivity index (χ2n) is 7.19. The number of methoxy groups -OCH3 is 1. The Morgan fingerprint density at radius 1 is 1.15 bits per heavy atom. The van der Waals surface area contributed by atoms with Gasteiger partial charge in [0.1, 0.15) is 5.75 Å². The normalized spacial score (nSPS) is 15.7. The molecule has 11 heteroatoms. The maximum absolute atomic E-state index is 12.5. The van der Waals surface area contributed by atoms with Gasteiger partial charge in [-0.15, -0.1) is 0 Å². The second kappa shape index (κ2) is 12.2. The van der Waals surface area contributed by atoms with Crippen LogP contribution in [-0.2, 0) is 14.4 Å². The SMILES string of the molecule is COc1ccccc1Oc1cccc(C(CC(=O)O)NC(=O)NC2C(=O)C=CN(C)C2=O)c1.[H-].[Na+]. The fraction of sp³-hybridized carbons (Fsp3) is 0.217. The van der Waals surface area contributed by atoms with E-state index in [4.69, 9.17) is 9.47 Å². The molecule has 3 amide bonds. The minimum absolute atomic E-state index is 0. The zero-order valence-electron chi connectivity index (χ0n) is 20.0. The molecule has 1 aliphatic rings. The van der Waals surface area contributed by atoms with E-state index in [1.165, 1.54) is 31.3 Å². The third-order valence-corrected chi connectivity index (χ3v) is 4.86. The summed E-state index contributed by atoms with van der Waals surface area (Å²) in [4.78, 5) is 49.3. The van der Waals surface area contributed by atoms with Gasteiger partial charge in [-0.1, -0.05) is 24.3 Å². The molecule has 10 nitrogen and oxygen atoms in total. The maximum Gasteiger partial charge on any atom is 1.00 e. The van der Waals surface area contributed by atoms with Crippen LogP contribution in [0.3, 0.4) is 0 Å². The summed E-state index contributed by atoms with van der Waals surface area (Å²) in [6.45, 7) is 0. The number of para-hydroxylation sites is 2. The minimum Gasteiger partial charge on any atom is -1.00 e. The van der Waals surface area contributed by atoms with Crippen molar-refractivity contribution in [1.29, 1.82) is 0 Å². The van der Waals surface area contributed by atoms with E-state index in [-0.39, 0.29) is 31.0 Å². The molecule has 2 unspecified atom stereocenters. The average molecular weight is 477 g/mol. The Hall–Kier alpha value is -3.34. The number of carbonyl (C=O) groups is 4. The molecule has 2 aromatic rings. The summed E-state index contributed by atoms with van der Waals surface area (Å²) < 4.78 is 11.1. The molecular formula is C23H24N3NaO7. The van der Waals surface area contributed by atoms with Gasteiger partial charge in [0.2, 0.25) is 0 Å². The number of nitrogens with one attached hydrogen (secondary N) is 2. The Morgan fingerprint density at radius 3 is 2.53 bits per heavy atom. The monoisotopic (exact) mass is 477 g/mol. The van der Waals surface area contributed by atoms with Crippen molar-refractivity contribution in [1.82, 2.24) is 15.5 Å². The first-order valence-electron chi connectivity index (χ1n) is 9.97. The number of hydrogen-bond acceptors (Lipinski definition) is 6. The molecule has 3 rings (SSSR count). The van der Waals surface area contributed by atoms with Gasteiger partial charge in [0.15, 0.2) is 23.3 Å². The smallest absolute Gasteiger partial charge is 1.00 e. The molecule has 0 saturated heterocycles. The van der Waals surface area contributed by atoms with E-state index in [9.17, 15) is 24.3 Å². The van der Waals surface area contributed by atoms with E-state index < -0.39 is 42.2 Å². The molecule has 0 spiro atoms. The van der Waals surface area contributed by atoms with Crippen molar-refractivity contribution in [2.24, 2.45) is 0 Å². The first kappa shape index (κ1) is 26.9. The van der Waals surface area contributed by atoms with Gasteiger partial charge in [-0.3, -0.25) is 14.4 Å². The zero-order chi connectivity index (χ0) is 24.0. The Morgan fingerprint density at radius 2 is 1.85 bits per heavy atom. The number of nitrogens with zero attached hydrogens (tertiary/aromatic N) is 1. The standard InChI is InChI=1S/C23H23N3O7.Na.H/c1-26-11-10-17(27)21(22(26)30)25-23(31)24-16(13-20(28)29)14-6-5-7-15(12-14)33-19-9-4-3-8-18(19)32-2;;/h3-12,16,21H,13H2,1-2H3,(H,28,29)(H2,24,25,31);;/q;+1;-1. The van der Waals surface area contributed by atoms with Crippen molar-refractivity contribution in [2.45, 2.75) is 18.5 Å². The molecule has 0 aromatic heterocycles. The first-order chi connectivity index (χ1) is 15.8. The van der Waals surface area contributed by atoms with Crippen LogP contribution in [-0.4, -0.2) is 53.9 Å². The third-order valence-electron chi connectivity index (χ3n) is 4.86. The third kappa shape index (κ3) is 6.83. The van der Waals surface area contributed by atoms with Gasteiger partial charge in [-0.2, -0.15) is 0 Å². The maximum atomic E-state index is 12.5. The van der Waals surface area contributed by atoms with E-state index in [2.05, 4.69) is 10.6 Å². The summed E-state index contributed by atoms with van der Waals surface area (Å²) in [6.07, 6.45) is 2.05. The van der Waals surface area contributed by atoms with Crippen molar-refractivity contribution in [3.8, 4) is 17.2 Å². The van der Waals surface area contributed by atoms with Crippen molar-refractivity contribution < 1.29 is 64.7 Å². The van der Waals surface area contributed by atoms with Gasteiger partial charge in [0.05, 0.1) is 19.6 Å². The molecule has 174 valence electrons. The van der Waals surface area contributed by atoms with Crippen LogP contribution in [0.2, 0.25) is 0 Å². The number of carboxylic acid groups (broad SMARTS) is 1. The largest absolute Gasteiger partial charge is 1.00 e. The van der Waals surface area contributed by atoms with Gasteiger partial charge in [0, 0.05) is 19.3 Å². The number of ether oxygens (including phenoxy) is 2. The van der Waals surface area contributed by atoms with Crippen molar-refractivity contribution in [2.75, 3.05) is 14.2 Å². The summed E-state index contributed by atoms with van der Waals surface area (Å²) in [5.74, 6) is -0.940. The zero-order valence-corrected chi connectivity index (χ0v) is 21.0. The second-order valence-corrected chi connectivity index (χ2v) is 7.19. The Bertz CT molecular complexity index is 1110. The van der Waals surface area contributed by atoms with Gasteiger partial charge in [-0.05, 0) is 29.8 Å². The molecule has 3 N–H and O–H groups in total. The number of likely N-dealkylation sites (N-methyl/N-ethyl adjacent to an activating group) is 1. The molecule has 0 radical (unpaired) electrons. The van der Waals surface area contributed by atoms with E-state index in [0.29, 0.717) is 22.8 Å². The Kier molecular flexibility index (Phi) is 9.67. The molecule has 1 heterocycles. The van der Waals surface area contributed by atoms with Crippen molar-refractivity contribution in [3.63, 3.8) is 0 Å². The van der Waals surface area contributed by atoms with Crippen LogP contribution >= 0.6 is 0 Å². The molecular weight excluding hydrogens is 453 g/mol. The van der Waals surface area contributed by atoms with Gasteiger partial charge < -0.3 is 31.5 Å². The van der Waals surface area contributed by atoms with Crippen LogP contribution in [0.25, 0.3) is 0 Å². The topological polar surface area (TPSA) is 134 Å². The summed E-state index contributed by atoms with van der Waals surface area (Å²) in [6, 6.07) is 10.4. The number of aliphatic carboxylic acids is 1. The number of hydrogen-bond donors (Lipinski definition) is 3. The average Bonchev–Trinajstić information content (AvgIpc) is 2.79. The number of rotatable bonds is 8. The molecule has 0 saturated carbocycles. The van der Waals surface area contributed by atoms with E-state index in [1.54, 1.807) is 48.5 Å². The van der Waals surface area contributed by atoms with Gasteiger partial charge >= 0.3 is 41.6 Å². The number of ketones is 1. The summed E-state index contributed by atoms with van der Waals surface area (Å²) >= 11 is 0. The Balaban J connectivity index is 0.00000306. The fourth-order valence-electron chi connectivity index (χ4n) is 3.20. The molecule has 2 aromatic carbocycles. The number of carboxylic acids is 1.